The van der Waals surface area contributed by atoms with Crippen LogP contribution in [-0.2, 0) is 0 Å². The van der Waals surface area contributed by atoms with Crippen LogP contribution in [0.15, 0.2) is 60.9 Å². The number of hydrogen-bond acceptors (Lipinski definition) is 3. The average molecular weight is 332 g/mol. The number of H-pyrrole nitrogens is 1. The molecule has 126 valence electrons. The summed E-state index contributed by atoms with van der Waals surface area (Å²) in [5.74, 6) is 0.929. The third-order valence-electron chi connectivity index (χ3n) is 4.87. The van der Waals surface area contributed by atoms with Crippen molar-refractivity contribution < 1.29 is 4.79 Å². The maximum Gasteiger partial charge on any atom is 0.269 e. The predicted octanol–water partition coefficient (Wildman–Crippen LogP) is 3.39. The van der Waals surface area contributed by atoms with E-state index in [1.807, 2.05) is 18.2 Å². The van der Waals surface area contributed by atoms with Gasteiger partial charge in [-0.15, -0.1) is 0 Å². The third-order valence-corrected chi connectivity index (χ3v) is 4.87. The van der Waals surface area contributed by atoms with Gasteiger partial charge in [-0.3, -0.25) is 14.9 Å². The van der Waals surface area contributed by atoms with Gasteiger partial charge in [0.25, 0.3) is 5.91 Å². The quantitative estimate of drug-likeness (QED) is 0.752. The summed E-state index contributed by atoms with van der Waals surface area (Å²) in [5.41, 5.74) is 3.52. The van der Waals surface area contributed by atoms with E-state index >= 15 is 0 Å². The second kappa shape index (κ2) is 6.51. The van der Waals surface area contributed by atoms with Crippen molar-refractivity contribution in [2.24, 2.45) is 5.92 Å². The first-order valence-corrected chi connectivity index (χ1v) is 8.54. The predicted molar refractivity (Wildman–Crippen MR) is 96.0 cm³/mol. The summed E-state index contributed by atoms with van der Waals surface area (Å²) < 4.78 is 0. The van der Waals surface area contributed by atoms with Gasteiger partial charge in [0.1, 0.15) is 5.69 Å². The van der Waals surface area contributed by atoms with Gasteiger partial charge in [0.2, 0.25) is 0 Å². The fourth-order valence-electron chi connectivity index (χ4n) is 3.35. The van der Waals surface area contributed by atoms with Gasteiger partial charge in [-0.05, 0) is 48.9 Å². The number of nitrogens with one attached hydrogen (secondary N) is 2. The number of pyridine rings is 1. The molecule has 3 atom stereocenters. The fourth-order valence-corrected chi connectivity index (χ4v) is 3.35. The molecule has 0 saturated heterocycles. The van der Waals surface area contributed by atoms with E-state index in [4.69, 9.17) is 0 Å². The van der Waals surface area contributed by atoms with Crippen molar-refractivity contribution in [1.82, 2.24) is 20.5 Å². The maximum atomic E-state index is 12.5. The Labute approximate surface area is 146 Å². The zero-order valence-electron chi connectivity index (χ0n) is 14.0. The molecule has 1 amide bonds. The molecule has 1 aliphatic rings. The number of aromatic nitrogens is 3. The number of amides is 1. The van der Waals surface area contributed by atoms with Crippen molar-refractivity contribution in [3.05, 3.63) is 72.2 Å². The normalized spacial score (nSPS) is 20.0. The van der Waals surface area contributed by atoms with Crippen LogP contribution in [0, 0.1) is 5.92 Å². The van der Waals surface area contributed by atoms with Gasteiger partial charge >= 0.3 is 0 Å². The van der Waals surface area contributed by atoms with Crippen molar-refractivity contribution in [3.63, 3.8) is 0 Å². The number of aromatic amines is 1. The molecule has 0 aliphatic heterocycles. The first kappa shape index (κ1) is 15.6. The smallest absolute Gasteiger partial charge is 0.269 e. The van der Waals surface area contributed by atoms with Gasteiger partial charge in [-0.1, -0.05) is 30.3 Å². The van der Waals surface area contributed by atoms with Gasteiger partial charge in [-0.2, -0.15) is 5.10 Å². The van der Waals surface area contributed by atoms with Gasteiger partial charge in [-0.25, -0.2) is 0 Å². The SMILES string of the molecule is CC(NC(=O)c1cc(-c2ccncc2)n[nH]1)C1CC1c1ccccc1. The summed E-state index contributed by atoms with van der Waals surface area (Å²) in [6.45, 7) is 2.08. The van der Waals surface area contributed by atoms with Crippen molar-refractivity contribution in [2.75, 3.05) is 0 Å². The highest BCUT2D eigenvalue weighted by Crippen LogP contribution is 2.49. The lowest BCUT2D eigenvalue weighted by atomic mass is 10.1. The molecule has 2 heterocycles. The fraction of sp³-hybridized carbons (Fsp3) is 0.250. The number of hydrogen-bond donors (Lipinski definition) is 2. The van der Waals surface area contributed by atoms with Crippen molar-refractivity contribution in [1.29, 1.82) is 0 Å². The average Bonchev–Trinajstić information content (AvgIpc) is 3.31. The molecule has 4 rings (SSSR count). The monoisotopic (exact) mass is 332 g/mol. The third kappa shape index (κ3) is 3.31. The van der Waals surface area contributed by atoms with Gasteiger partial charge in [0, 0.05) is 24.0 Å². The Morgan fingerprint density at radius 3 is 2.72 bits per heavy atom. The highest BCUT2D eigenvalue weighted by molar-refractivity contribution is 5.93. The first-order chi connectivity index (χ1) is 12.2. The Morgan fingerprint density at radius 1 is 1.20 bits per heavy atom. The van der Waals surface area contributed by atoms with Gasteiger partial charge < -0.3 is 5.32 Å². The Hall–Kier alpha value is -2.95. The van der Waals surface area contributed by atoms with Crippen LogP contribution in [-0.4, -0.2) is 27.1 Å². The number of carbonyl (C=O) groups is 1. The lowest BCUT2D eigenvalue weighted by molar-refractivity contribution is 0.0930. The van der Waals surface area contributed by atoms with Gasteiger partial charge in [0.15, 0.2) is 0 Å². The molecule has 5 heteroatoms. The summed E-state index contributed by atoms with van der Waals surface area (Å²) >= 11 is 0. The van der Waals surface area contributed by atoms with Crippen LogP contribution in [0.25, 0.3) is 11.3 Å². The summed E-state index contributed by atoms with van der Waals surface area (Å²) in [5, 5.41) is 10.2. The van der Waals surface area contributed by atoms with E-state index < -0.39 is 0 Å². The number of rotatable bonds is 5. The molecular weight excluding hydrogens is 312 g/mol. The molecule has 3 aromatic rings. The molecule has 1 fully saturated rings. The zero-order valence-corrected chi connectivity index (χ0v) is 14.0. The zero-order chi connectivity index (χ0) is 17.2. The second-order valence-corrected chi connectivity index (χ2v) is 6.58. The van der Waals surface area contributed by atoms with Crippen LogP contribution in [0.1, 0.15) is 35.3 Å². The standard InChI is InChI=1S/C20H20N4O/c1-13(16-11-17(16)14-5-3-2-4-6-14)22-20(25)19-12-18(23-24-19)15-7-9-21-10-8-15/h2-10,12-13,16-17H,11H2,1H3,(H,22,25)(H,23,24). The minimum Gasteiger partial charge on any atom is -0.348 e. The summed E-state index contributed by atoms with van der Waals surface area (Å²) in [7, 11) is 0. The lowest BCUT2D eigenvalue weighted by Gasteiger charge is -2.13. The minimum atomic E-state index is -0.112. The van der Waals surface area contributed by atoms with E-state index in [0.29, 0.717) is 17.5 Å². The molecule has 5 nitrogen and oxygen atoms in total. The highest BCUT2D eigenvalue weighted by atomic mass is 16.2. The Morgan fingerprint density at radius 2 is 1.96 bits per heavy atom. The highest BCUT2D eigenvalue weighted by Gasteiger charge is 2.42. The van der Waals surface area contributed by atoms with E-state index in [1.54, 1.807) is 18.5 Å². The molecule has 0 spiro atoms. The molecule has 2 N–H and O–H groups in total. The molecule has 1 aromatic carbocycles. The minimum absolute atomic E-state index is 0.112. The van der Waals surface area contributed by atoms with Crippen LogP contribution >= 0.6 is 0 Å². The lowest BCUT2D eigenvalue weighted by Crippen LogP contribution is -2.34. The molecule has 0 radical (unpaired) electrons. The van der Waals surface area contributed by atoms with Gasteiger partial charge in [0.05, 0.1) is 5.69 Å². The topological polar surface area (TPSA) is 70.7 Å². The van der Waals surface area contributed by atoms with E-state index in [-0.39, 0.29) is 11.9 Å². The van der Waals surface area contributed by atoms with Crippen molar-refractivity contribution in [3.8, 4) is 11.3 Å². The molecular formula is C20H20N4O. The molecule has 0 bridgehead atoms. The van der Waals surface area contributed by atoms with E-state index in [2.05, 4.69) is 51.7 Å². The molecule has 1 aliphatic carbocycles. The van der Waals surface area contributed by atoms with E-state index in [9.17, 15) is 4.79 Å². The van der Waals surface area contributed by atoms with Crippen LogP contribution in [0.3, 0.4) is 0 Å². The molecule has 1 saturated carbocycles. The largest absolute Gasteiger partial charge is 0.348 e. The first-order valence-electron chi connectivity index (χ1n) is 8.54. The summed E-state index contributed by atoms with van der Waals surface area (Å²) in [6, 6.07) is 16.1. The van der Waals surface area contributed by atoms with Crippen molar-refractivity contribution >= 4 is 5.91 Å². The van der Waals surface area contributed by atoms with E-state index in [1.165, 1.54) is 5.56 Å². The maximum absolute atomic E-state index is 12.5. The van der Waals surface area contributed by atoms with E-state index in [0.717, 1.165) is 17.7 Å². The van der Waals surface area contributed by atoms with Crippen LogP contribution < -0.4 is 5.32 Å². The Bertz CT molecular complexity index is 860. The van der Waals surface area contributed by atoms with Crippen LogP contribution in [0.2, 0.25) is 0 Å². The van der Waals surface area contributed by atoms with Crippen molar-refractivity contribution in [2.45, 2.75) is 25.3 Å². The van der Waals surface area contributed by atoms with Crippen LogP contribution in [0.4, 0.5) is 0 Å². The van der Waals surface area contributed by atoms with Crippen LogP contribution in [0.5, 0.6) is 0 Å². The Balaban J connectivity index is 1.39. The molecule has 3 unspecified atom stereocenters. The number of carbonyl (C=O) groups excluding carboxylic acids is 1. The number of benzene rings is 1. The Kier molecular flexibility index (Phi) is 4.06. The molecule has 2 aromatic heterocycles. The molecule has 25 heavy (non-hydrogen) atoms. The second-order valence-electron chi connectivity index (χ2n) is 6.58. The summed E-state index contributed by atoms with van der Waals surface area (Å²) in [6.07, 6.45) is 4.54. The summed E-state index contributed by atoms with van der Waals surface area (Å²) in [4.78, 5) is 16.5. The number of nitrogens with zero attached hydrogens (tertiary/aromatic N) is 2.